The summed E-state index contributed by atoms with van der Waals surface area (Å²) in [4.78, 5) is 23.7. The van der Waals surface area contributed by atoms with Crippen LogP contribution in [0.2, 0.25) is 0 Å². The number of aliphatic hydroxyl groups is 1. The number of aliphatic hydroxyl groups excluding tert-OH is 1. The normalized spacial score (nSPS) is 13.7. The summed E-state index contributed by atoms with van der Waals surface area (Å²) in [6.45, 7) is 0.625. The van der Waals surface area contributed by atoms with Crippen molar-refractivity contribution in [1.29, 1.82) is 0 Å². The number of allylic oxidation sites excluding steroid dienone is 1. The van der Waals surface area contributed by atoms with Crippen LogP contribution in [0.15, 0.2) is 35.9 Å². The lowest BCUT2D eigenvalue weighted by atomic mass is 9.97. The minimum absolute atomic E-state index is 0.0826. The second-order valence-electron chi connectivity index (χ2n) is 6.00. The molecule has 2 rings (SSSR count). The largest absolute Gasteiger partial charge is 0.484 e. The van der Waals surface area contributed by atoms with E-state index >= 15 is 0 Å². The van der Waals surface area contributed by atoms with Crippen LogP contribution in [0.25, 0.3) is 0 Å². The van der Waals surface area contributed by atoms with Crippen molar-refractivity contribution >= 4 is 11.8 Å². The average Bonchev–Trinajstić information content (AvgIpc) is 2.65. The van der Waals surface area contributed by atoms with E-state index in [1.807, 2.05) is 0 Å². The third-order valence-electron chi connectivity index (χ3n) is 4.02. The summed E-state index contributed by atoms with van der Waals surface area (Å²) in [5.41, 5.74) is 1.85. The quantitative estimate of drug-likeness (QED) is 0.595. The molecule has 0 bridgehead atoms. The molecule has 6 nitrogen and oxygen atoms in total. The van der Waals surface area contributed by atoms with Crippen LogP contribution < -0.4 is 15.4 Å². The Kier molecular flexibility index (Phi) is 7.98. The zero-order chi connectivity index (χ0) is 17.9. The molecule has 0 saturated carbocycles. The van der Waals surface area contributed by atoms with Crippen LogP contribution in [0.5, 0.6) is 5.75 Å². The van der Waals surface area contributed by atoms with Crippen molar-refractivity contribution < 1.29 is 19.4 Å². The van der Waals surface area contributed by atoms with E-state index in [4.69, 9.17) is 9.84 Å². The molecule has 0 saturated heterocycles. The smallest absolute Gasteiger partial charge is 0.257 e. The number of carbonyl (C=O) groups is 2. The molecule has 0 radical (unpaired) electrons. The van der Waals surface area contributed by atoms with E-state index in [1.165, 1.54) is 18.4 Å². The monoisotopic (exact) mass is 346 g/mol. The molecule has 0 atom stereocenters. The molecule has 0 unspecified atom stereocenters. The van der Waals surface area contributed by atoms with Gasteiger partial charge in [0.1, 0.15) is 5.75 Å². The van der Waals surface area contributed by atoms with Crippen LogP contribution in [0.3, 0.4) is 0 Å². The number of nitrogens with one attached hydrogen (secondary N) is 2. The molecule has 25 heavy (non-hydrogen) atoms. The summed E-state index contributed by atoms with van der Waals surface area (Å²) in [5.74, 6) is -0.00181. The zero-order valence-corrected chi connectivity index (χ0v) is 14.4. The van der Waals surface area contributed by atoms with Crippen LogP contribution in [-0.4, -0.2) is 43.2 Å². The molecule has 0 fully saturated rings. The maximum absolute atomic E-state index is 11.9. The van der Waals surface area contributed by atoms with E-state index in [0.717, 1.165) is 19.3 Å². The molecule has 136 valence electrons. The maximum atomic E-state index is 11.9. The van der Waals surface area contributed by atoms with Gasteiger partial charge in [-0.1, -0.05) is 17.7 Å². The van der Waals surface area contributed by atoms with Gasteiger partial charge in [0, 0.05) is 18.7 Å². The molecule has 0 spiro atoms. The van der Waals surface area contributed by atoms with Gasteiger partial charge >= 0.3 is 0 Å². The number of hydrogen-bond acceptors (Lipinski definition) is 4. The molecule has 1 aliphatic rings. The first-order valence-corrected chi connectivity index (χ1v) is 8.75. The van der Waals surface area contributed by atoms with Gasteiger partial charge in [-0.25, -0.2) is 0 Å². The number of amides is 2. The number of rotatable bonds is 9. The molecule has 1 aromatic rings. The number of ether oxygens (including phenoxy) is 1. The predicted molar refractivity (Wildman–Crippen MR) is 95.5 cm³/mol. The molecule has 1 aliphatic carbocycles. The summed E-state index contributed by atoms with van der Waals surface area (Å²) < 4.78 is 5.45. The van der Waals surface area contributed by atoms with E-state index in [-0.39, 0.29) is 31.6 Å². The minimum Gasteiger partial charge on any atom is -0.484 e. The van der Waals surface area contributed by atoms with Crippen LogP contribution in [-0.2, 0) is 4.79 Å². The fourth-order valence-corrected chi connectivity index (χ4v) is 2.69. The first kappa shape index (κ1) is 19.0. The third kappa shape index (κ3) is 6.97. The second kappa shape index (κ2) is 10.5. The SMILES string of the molecule is O=C(COc1cccc(C(=O)NCCO)c1)NCCC1=CCCCC1. The van der Waals surface area contributed by atoms with Crippen LogP contribution in [0.1, 0.15) is 42.5 Å². The van der Waals surface area contributed by atoms with Gasteiger partial charge < -0.3 is 20.5 Å². The van der Waals surface area contributed by atoms with E-state index in [0.29, 0.717) is 17.9 Å². The first-order valence-electron chi connectivity index (χ1n) is 8.75. The Hall–Kier alpha value is -2.34. The zero-order valence-electron chi connectivity index (χ0n) is 14.4. The highest BCUT2D eigenvalue weighted by Gasteiger charge is 2.08. The van der Waals surface area contributed by atoms with Crippen molar-refractivity contribution in [2.24, 2.45) is 0 Å². The maximum Gasteiger partial charge on any atom is 0.257 e. The number of hydrogen-bond donors (Lipinski definition) is 3. The molecule has 0 aliphatic heterocycles. The predicted octanol–water partition coefficient (Wildman–Crippen LogP) is 1.79. The van der Waals surface area contributed by atoms with Gasteiger partial charge in [-0.05, 0) is 50.3 Å². The summed E-state index contributed by atoms with van der Waals surface area (Å²) in [6, 6.07) is 6.62. The second-order valence-corrected chi connectivity index (χ2v) is 6.00. The molecule has 0 heterocycles. The lowest BCUT2D eigenvalue weighted by molar-refractivity contribution is -0.123. The van der Waals surface area contributed by atoms with Crippen molar-refractivity contribution in [2.75, 3.05) is 26.3 Å². The van der Waals surface area contributed by atoms with Crippen molar-refractivity contribution in [3.05, 3.63) is 41.5 Å². The molecular formula is C19H26N2O4. The molecule has 1 aromatic carbocycles. The molecular weight excluding hydrogens is 320 g/mol. The first-order chi connectivity index (χ1) is 12.2. The van der Waals surface area contributed by atoms with Crippen LogP contribution in [0.4, 0.5) is 0 Å². The third-order valence-corrected chi connectivity index (χ3v) is 4.02. The standard InChI is InChI=1S/C19H26N2O4/c22-12-11-21-19(24)16-7-4-8-17(13-16)25-14-18(23)20-10-9-15-5-2-1-3-6-15/h4-5,7-8,13,22H,1-3,6,9-12,14H2,(H,20,23)(H,21,24). The van der Waals surface area contributed by atoms with Crippen molar-refractivity contribution in [3.63, 3.8) is 0 Å². The fourth-order valence-electron chi connectivity index (χ4n) is 2.69. The minimum atomic E-state index is -0.287. The van der Waals surface area contributed by atoms with Crippen molar-refractivity contribution in [3.8, 4) is 5.75 Å². The van der Waals surface area contributed by atoms with Gasteiger partial charge in [-0.2, -0.15) is 0 Å². The molecule has 3 N–H and O–H groups in total. The van der Waals surface area contributed by atoms with Gasteiger partial charge in [-0.15, -0.1) is 0 Å². The highest BCUT2D eigenvalue weighted by molar-refractivity contribution is 5.94. The highest BCUT2D eigenvalue weighted by Crippen LogP contribution is 2.19. The molecule has 0 aromatic heterocycles. The van der Waals surface area contributed by atoms with Crippen LogP contribution >= 0.6 is 0 Å². The Morgan fingerprint density at radius 2 is 2.04 bits per heavy atom. The summed E-state index contributed by atoms with van der Waals surface area (Å²) in [6.07, 6.45) is 7.96. The van der Waals surface area contributed by atoms with E-state index < -0.39 is 0 Å². The Morgan fingerprint density at radius 1 is 1.16 bits per heavy atom. The van der Waals surface area contributed by atoms with Crippen LogP contribution in [0, 0.1) is 0 Å². The van der Waals surface area contributed by atoms with E-state index in [9.17, 15) is 9.59 Å². The van der Waals surface area contributed by atoms with Gasteiger partial charge in [0.25, 0.3) is 11.8 Å². The summed E-state index contributed by atoms with van der Waals surface area (Å²) in [5, 5.41) is 14.2. The Balaban J connectivity index is 1.71. The summed E-state index contributed by atoms with van der Waals surface area (Å²) in [7, 11) is 0. The lowest BCUT2D eigenvalue weighted by Crippen LogP contribution is -2.30. The number of benzene rings is 1. The van der Waals surface area contributed by atoms with Gasteiger partial charge in [0.2, 0.25) is 0 Å². The Morgan fingerprint density at radius 3 is 2.80 bits per heavy atom. The van der Waals surface area contributed by atoms with E-state index in [1.54, 1.807) is 24.3 Å². The average molecular weight is 346 g/mol. The molecule has 2 amide bonds. The van der Waals surface area contributed by atoms with Gasteiger partial charge in [-0.3, -0.25) is 9.59 Å². The van der Waals surface area contributed by atoms with Gasteiger partial charge in [0.05, 0.1) is 6.61 Å². The van der Waals surface area contributed by atoms with Crippen molar-refractivity contribution in [2.45, 2.75) is 32.1 Å². The van der Waals surface area contributed by atoms with Crippen molar-refractivity contribution in [1.82, 2.24) is 10.6 Å². The van der Waals surface area contributed by atoms with E-state index in [2.05, 4.69) is 16.7 Å². The topological polar surface area (TPSA) is 87.7 Å². The Labute approximate surface area is 148 Å². The van der Waals surface area contributed by atoms with Gasteiger partial charge in [0.15, 0.2) is 6.61 Å². The number of carbonyl (C=O) groups excluding carboxylic acids is 2. The Bertz CT molecular complexity index is 613. The lowest BCUT2D eigenvalue weighted by Gasteiger charge is -2.13. The fraction of sp³-hybridized carbons (Fsp3) is 0.474. The summed E-state index contributed by atoms with van der Waals surface area (Å²) >= 11 is 0. The highest BCUT2D eigenvalue weighted by atomic mass is 16.5. The molecule has 6 heteroatoms.